The lowest BCUT2D eigenvalue weighted by Gasteiger charge is -2.33. The zero-order valence-corrected chi connectivity index (χ0v) is 19.9. The summed E-state index contributed by atoms with van der Waals surface area (Å²) in [4.78, 5) is 22.8. The van der Waals surface area contributed by atoms with Gasteiger partial charge in [-0.15, -0.1) is 0 Å². The number of carbonyl (C=O) groups is 1. The first-order valence-electron chi connectivity index (χ1n) is 12.3. The Morgan fingerprint density at radius 3 is 2.49 bits per heavy atom. The fourth-order valence-electron chi connectivity index (χ4n) is 5.02. The first kappa shape index (κ1) is 21.8. The van der Waals surface area contributed by atoms with Crippen LogP contribution in [0.4, 0.5) is 5.69 Å². The van der Waals surface area contributed by atoms with E-state index < -0.39 is 0 Å². The van der Waals surface area contributed by atoms with Crippen LogP contribution in [0.1, 0.15) is 17.3 Å². The van der Waals surface area contributed by atoms with Crippen LogP contribution in [0.15, 0.2) is 66.7 Å². The third kappa shape index (κ3) is 4.07. The molecule has 7 nitrogen and oxygen atoms in total. The normalized spacial score (nSPS) is 16.1. The summed E-state index contributed by atoms with van der Waals surface area (Å²) in [5.41, 5.74) is 4.90. The maximum Gasteiger partial charge on any atom is 0.257 e. The monoisotopic (exact) mass is 467 g/mol. The van der Waals surface area contributed by atoms with Gasteiger partial charge in [0.05, 0.1) is 28.0 Å². The fourth-order valence-corrected chi connectivity index (χ4v) is 5.02. The van der Waals surface area contributed by atoms with E-state index in [-0.39, 0.29) is 5.91 Å². The summed E-state index contributed by atoms with van der Waals surface area (Å²) in [6, 6.07) is 21.6. The van der Waals surface area contributed by atoms with Gasteiger partial charge in [-0.3, -0.25) is 14.3 Å². The summed E-state index contributed by atoms with van der Waals surface area (Å²) in [6.07, 6.45) is 0. The van der Waals surface area contributed by atoms with E-state index in [1.807, 2.05) is 66.7 Å². The van der Waals surface area contributed by atoms with Crippen LogP contribution >= 0.6 is 0 Å². The Kier molecular flexibility index (Phi) is 5.72. The molecule has 0 atom stereocenters. The third-order valence-electron chi connectivity index (χ3n) is 7.02. The smallest absolute Gasteiger partial charge is 0.257 e. The average molecular weight is 468 g/mol. The molecule has 4 aromatic rings. The molecule has 0 spiro atoms. The maximum absolute atomic E-state index is 12.9. The van der Waals surface area contributed by atoms with Crippen molar-refractivity contribution < 1.29 is 9.53 Å². The predicted molar refractivity (Wildman–Crippen MR) is 139 cm³/mol. The molecular formula is C28H29N5O2. The van der Waals surface area contributed by atoms with E-state index in [0.29, 0.717) is 12.2 Å². The molecule has 178 valence electrons. The summed E-state index contributed by atoms with van der Waals surface area (Å²) in [5, 5.41) is 3.04. The zero-order valence-electron chi connectivity index (χ0n) is 19.9. The van der Waals surface area contributed by atoms with Crippen molar-refractivity contribution in [2.45, 2.75) is 6.92 Å². The van der Waals surface area contributed by atoms with E-state index in [9.17, 15) is 4.79 Å². The number of likely N-dealkylation sites (N-methyl/N-ethyl adjacent to an activating group) is 1. The van der Waals surface area contributed by atoms with Crippen LogP contribution in [0.3, 0.4) is 0 Å². The zero-order chi connectivity index (χ0) is 23.8. The lowest BCUT2D eigenvalue weighted by atomic mass is 10.1. The van der Waals surface area contributed by atoms with Crippen LogP contribution in [0.5, 0.6) is 5.75 Å². The maximum atomic E-state index is 12.9. The van der Waals surface area contributed by atoms with Crippen LogP contribution in [0.25, 0.3) is 28.1 Å². The molecule has 0 bridgehead atoms. The van der Waals surface area contributed by atoms with E-state index in [0.717, 1.165) is 78.8 Å². The number of aromatic nitrogens is 2. The molecule has 1 N–H and O–H groups in total. The molecule has 1 saturated heterocycles. The number of piperazine rings is 1. The summed E-state index contributed by atoms with van der Waals surface area (Å²) in [5.74, 6) is 1.54. The quantitative estimate of drug-likeness (QED) is 0.459. The molecule has 0 unspecified atom stereocenters. The number of fused-ring (bicyclic) bond motifs is 2. The van der Waals surface area contributed by atoms with Gasteiger partial charge in [-0.2, -0.15) is 0 Å². The van der Waals surface area contributed by atoms with Crippen molar-refractivity contribution in [3.8, 4) is 22.8 Å². The number of imidazole rings is 1. The van der Waals surface area contributed by atoms with Crippen molar-refractivity contribution in [2.75, 3.05) is 51.2 Å². The van der Waals surface area contributed by atoms with Crippen LogP contribution in [-0.2, 0) is 0 Å². The van der Waals surface area contributed by atoms with Crippen LogP contribution < -0.4 is 10.1 Å². The highest BCUT2D eigenvalue weighted by molar-refractivity contribution is 6.14. The molecule has 0 saturated carbocycles. The van der Waals surface area contributed by atoms with Crippen LogP contribution in [0.2, 0.25) is 0 Å². The van der Waals surface area contributed by atoms with E-state index >= 15 is 0 Å². The molecule has 0 aliphatic carbocycles. The Bertz CT molecular complexity index is 1370. The highest BCUT2D eigenvalue weighted by Gasteiger charge is 2.25. The third-order valence-corrected chi connectivity index (χ3v) is 7.02. The van der Waals surface area contributed by atoms with Gasteiger partial charge in [0.2, 0.25) is 0 Å². The van der Waals surface area contributed by atoms with Crippen molar-refractivity contribution >= 4 is 22.6 Å². The Morgan fingerprint density at radius 2 is 1.69 bits per heavy atom. The number of amides is 1. The number of hydrogen-bond acceptors (Lipinski definition) is 5. The summed E-state index contributed by atoms with van der Waals surface area (Å²) >= 11 is 0. The molecule has 6 rings (SSSR count). The Labute approximate surface area is 204 Å². The second-order valence-corrected chi connectivity index (χ2v) is 9.06. The van der Waals surface area contributed by atoms with Crippen molar-refractivity contribution in [3.63, 3.8) is 0 Å². The molecule has 1 amide bonds. The second-order valence-electron chi connectivity index (χ2n) is 9.06. The van der Waals surface area contributed by atoms with Crippen LogP contribution in [0, 0.1) is 0 Å². The lowest BCUT2D eigenvalue weighted by Crippen LogP contribution is -2.47. The predicted octanol–water partition coefficient (Wildman–Crippen LogP) is 4.27. The molecule has 2 aliphatic heterocycles. The highest BCUT2D eigenvalue weighted by Crippen LogP contribution is 2.36. The van der Waals surface area contributed by atoms with Gasteiger partial charge in [-0.1, -0.05) is 25.1 Å². The number of ether oxygens (including phenoxy) is 1. The topological polar surface area (TPSA) is 62.6 Å². The number of benzene rings is 3. The number of para-hydroxylation sites is 3. The van der Waals surface area contributed by atoms with E-state index in [4.69, 9.17) is 9.72 Å². The molecule has 3 heterocycles. The van der Waals surface area contributed by atoms with Gasteiger partial charge < -0.3 is 15.0 Å². The Hall–Kier alpha value is -3.68. The number of nitrogens with one attached hydrogen (secondary N) is 1. The summed E-state index contributed by atoms with van der Waals surface area (Å²) < 4.78 is 8.14. The van der Waals surface area contributed by atoms with Gasteiger partial charge in [-0.25, -0.2) is 4.98 Å². The Morgan fingerprint density at radius 1 is 0.914 bits per heavy atom. The van der Waals surface area contributed by atoms with Gasteiger partial charge in [0.25, 0.3) is 5.91 Å². The minimum absolute atomic E-state index is 0.117. The minimum Gasteiger partial charge on any atom is -0.492 e. The molecule has 1 fully saturated rings. The SMILES string of the molecule is CCN1CCN(CCOc2ccc(-c3nc4cccc5c4n3-c3ccccc3NC5=O)cc2)CC1. The van der Waals surface area contributed by atoms with E-state index in [1.165, 1.54) is 0 Å². The molecule has 35 heavy (non-hydrogen) atoms. The van der Waals surface area contributed by atoms with E-state index in [2.05, 4.69) is 26.6 Å². The van der Waals surface area contributed by atoms with Gasteiger partial charge in [0.1, 0.15) is 18.2 Å². The van der Waals surface area contributed by atoms with Crippen molar-refractivity contribution in [2.24, 2.45) is 0 Å². The van der Waals surface area contributed by atoms with Crippen molar-refractivity contribution in [3.05, 3.63) is 72.3 Å². The fraction of sp³-hybridized carbons (Fsp3) is 0.286. The van der Waals surface area contributed by atoms with Gasteiger partial charge >= 0.3 is 0 Å². The lowest BCUT2D eigenvalue weighted by molar-refractivity contribution is 0.102. The first-order valence-corrected chi connectivity index (χ1v) is 12.3. The molecule has 3 aromatic carbocycles. The molecular weight excluding hydrogens is 438 g/mol. The number of hydrogen-bond donors (Lipinski definition) is 1. The number of nitrogens with zero attached hydrogens (tertiary/aromatic N) is 4. The largest absolute Gasteiger partial charge is 0.492 e. The first-order chi connectivity index (χ1) is 17.2. The van der Waals surface area contributed by atoms with Gasteiger partial charge in [-0.05, 0) is 55.1 Å². The second kappa shape index (κ2) is 9.17. The van der Waals surface area contributed by atoms with Gasteiger partial charge in [0.15, 0.2) is 0 Å². The standard InChI is InChI=1S/C28H29N5O2/c1-2-31-14-16-32(17-15-31)18-19-35-21-12-10-20(11-13-21)27-29-24-8-5-6-22-26(24)33(27)25-9-4-3-7-23(25)30-28(22)34/h3-13H,2,14-19H2,1H3,(H,30,34). The molecule has 1 aromatic heterocycles. The number of carbonyl (C=O) groups excluding carboxylic acids is 1. The number of anilines is 1. The van der Waals surface area contributed by atoms with Gasteiger partial charge in [0, 0.05) is 38.3 Å². The van der Waals surface area contributed by atoms with Crippen molar-refractivity contribution in [1.82, 2.24) is 19.4 Å². The van der Waals surface area contributed by atoms with Crippen LogP contribution in [-0.4, -0.2) is 71.1 Å². The Balaban J connectivity index is 1.25. The van der Waals surface area contributed by atoms with E-state index in [1.54, 1.807) is 0 Å². The highest BCUT2D eigenvalue weighted by atomic mass is 16.5. The summed E-state index contributed by atoms with van der Waals surface area (Å²) in [7, 11) is 0. The molecule has 0 radical (unpaired) electrons. The molecule has 7 heteroatoms. The molecule has 2 aliphatic rings. The summed E-state index contributed by atoms with van der Waals surface area (Å²) in [6.45, 7) is 9.45. The number of rotatable bonds is 6. The van der Waals surface area contributed by atoms with Crippen molar-refractivity contribution in [1.29, 1.82) is 0 Å². The average Bonchev–Trinajstić information content (AvgIpc) is 3.23. The minimum atomic E-state index is -0.117.